The number of hydrogen-bond acceptors (Lipinski definition) is 1. The molecule has 0 aliphatic heterocycles. The highest BCUT2D eigenvalue weighted by molar-refractivity contribution is 5.76. The summed E-state index contributed by atoms with van der Waals surface area (Å²) in [6.45, 7) is 3.93. The Kier molecular flexibility index (Phi) is 4.35. The molecule has 0 unspecified atom stereocenters. The first kappa shape index (κ1) is 13.3. The molecule has 0 aromatic heterocycles. The number of rotatable bonds is 4. The number of hydrogen-bond donors (Lipinski definition) is 1. The molecule has 1 atom stereocenters. The Labute approximate surface area is 114 Å². The van der Waals surface area contributed by atoms with E-state index in [0.717, 1.165) is 11.1 Å². The maximum absolute atomic E-state index is 11.7. The van der Waals surface area contributed by atoms with Crippen LogP contribution in [0.4, 0.5) is 0 Å². The fraction of sp³-hybridized carbons (Fsp3) is 0.235. The molecule has 98 valence electrons. The van der Waals surface area contributed by atoms with Crippen LogP contribution in [0.1, 0.15) is 36.1 Å². The van der Waals surface area contributed by atoms with Crippen molar-refractivity contribution in [3.8, 4) is 0 Å². The summed E-state index contributed by atoms with van der Waals surface area (Å²) >= 11 is 0. The van der Waals surface area contributed by atoms with Gasteiger partial charge in [0.25, 0.3) is 0 Å². The molecule has 2 aromatic rings. The third-order valence-electron chi connectivity index (χ3n) is 3.17. The van der Waals surface area contributed by atoms with Crippen LogP contribution in [0.15, 0.2) is 54.6 Å². The lowest BCUT2D eigenvalue weighted by molar-refractivity contribution is -0.121. The smallest absolute Gasteiger partial charge is 0.220 e. The summed E-state index contributed by atoms with van der Waals surface area (Å²) in [5, 5.41) is 3.08. The van der Waals surface area contributed by atoms with E-state index in [2.05, 4.69) is 36.5 Å². The minimum absolute atomic E-state index is 0.0643. The van der Waals surface area contributed by atoms with Gasteiger partial charge in [-0.1, -0.05) is 67.1 Å². The highest BCUT2D eigenvalue weighted by Crippen LogP contribution is 2.22. The molecule has 0 aliphatic rings. The minimum atomic E-state index is -0.0748. The molecule has 1 N–H and O–H groups in total. The van der Waals surface area contributed by atoms with Crippen molar-refractivity contribution in [2.24, 2.45) is 0 Å². The summed E-state index contributed by atoms with van der Waals surface area (Å²) in [5.41, 5.74) is 3.43. The Balaban J connectivity index is 2.34. The molecule has 0 bridgehead atoms. The molecule has 0 spiro atoms. The van der Waals surface area contributed by atoms with Crippen LogP contribution in [0.3, 0.4) is 0 Å². The fourth-order valence-corrected chi connectivity index (χ4v) is 2.03. The molecule has 0 saturated carbocycles. The third kappa shape index (κ3) is 3.44. The third-order valence-corrected chi connectivity index (χ3v) is 3.17. The van der Waals surface area contributed by atoms with E-state index in [1.54, 1.807) is 0 Å². The standard InChI is InChI=1S/C17H19NO/c1-3-16(19)18-17(14-7-5-4-6-8-14)15-11-9-13(2)10-12-15/h4-12,17H,3H2,1-2H3,(H,18,19)/t17-/m0/s1. The molecule has 0 aliphatic carbocycles. The second kappa shape index (κ2) is 6.19. The molecule has 0 fully saturated rings. The van der Waals surface area contributed by atoms with E-state index >= 15 is 0 Å². The summed E-state index contributed by atoms with van der Waals surface area (Å²) in [4.78, 5) is 11.7. The monoisotopic (exact) mass is 253 g/mol. The van der Waals surface area contributed by atoms with E-state index in [-0.39, 0.29) is 11.9 Å². The van der Waals surface area contributed by atoms with Gasteiger partial charge in [-0.05, 0) is 18.1 Å². The van der Waals surface area contributed by atoms with Gasteiger partial charge in [0.15, 0.2) is 0 Å². The summed E-state index contributed by atoms with van der Waals surface area (Å²) in [5.74, 6) is 0.0643. The predicted molar refractivity (Wildman–Crippen MR) is 77.9 cm³/mol. The molecule has 0 heterocycles. The maximum Gasteiger partial charge on any atom is 0.220 e. The van der Waals surface area contributed by atoms with Gasteiger partial charge in [-0.3, -0.25) is 4.79 Å². The summed E-state index contributed by atoms with van der Waals surface area (Å²) in [6.07, 6.45) is 0.495. The average Bonchev–Trinajstić information content (AvgIpc) is 2.46. The molecule has 19 heavy (non-hydrogen) atoms. The summed E-state index contributed by atoms with van der Waals surface area (Å²) in [6, 6.07) is 18.3. The first-order valence-electron chi connectivity index (χ1n) is 6.61. The Morgan fingerprint density at radius 3 is 2.16 bits per heavy atom. The zero-order valence-corrected chi connectivity index (χ0v) is 11.4. The number of nitrogens with one attached hydrogen (secondary N) is 1. The number of carbonyl (C=O) groups is 1. The molecule has 2 rings (SSSR count). The van der Waals surface area contributed by atoms with Gasteiger partial charge in [0.2, 0.25) is 5.91 Å². The molecular formula is C17H19NO. The minimum Gasteiger partial charge on any atom is -0.345 e. The lowest BCUT2D eigenvalue weighted by Gasteiger charge is -2.19. The quantitative estimate of drug-likeness (QED) is 0.886. The highest BCUT2D eigenvalue weighted by Gasteiger charge is 2.15. The van der Waals surface area contributed by atoms with Crippen LogP contribution < -0.4 is 5.32 Å². The van der Waals surface area contributed by atoms with Gasteiger partial charge in [-0.2, -0.15) is 0 Å². The first-order valence-corrected chi connectivity index (χ1v) is 6.61. The lowest BCUT2D eigenvalue weighted by atomic mass is 9.97. The largest absolute Gasteiger partial charge is 0.345 e. The van der Waals surface area contributed by atoms with Gasteiger partial charge in [-0.25, -0.2) is 0 Å². The van der Waals surface area contributed by atoms with Gasteiger partial charge in [-0.15, -0.1) is 0 Å². The van der Waals surface area contributed by atoms with E-state index in [1.807, 2.05) is 37.3 Å². The maximum atomic E-state index is 11.7. The molecular weight excluding hydrogens is 234 g/mol. The van der Waals surface area contributed by atoms with Crippen molar-refractivity contribution in [1.82, 2.24) is 5.32 Å². The topological polar surface area (TPSA) is 29.1 Å². The van der Waals surface area contributed by atoms with Crippen molar-refractivity contribution >= 4 is 5.91 Å². The van der Waals surface area contributed by atoms with E-state index in [0.29, 0.717) is 6.42 Å². The lowest BCUT2D eigenvalue weighted by Crippen LogP contribution is -2.28. The van der Waals surface area contributed by atoms with Crippen LogP contribution in [0.5, 0.6) is 0 Å². The second-order valence-electron chi connectivity index (χ2n) is 4.68. The van der Waals surface area contributed by atoms with Crippen LogP contribution in [0.25, 0.3) is 0 Å². The van der Waals surface area contributed by atoms with Crippen molar-refractivity contribution in [1.29, 1.82) is 0 Å². The van der Waals surface area contributed by atoms with E-state index in [1.165, 1.54) is 5.56 Å². The normalized spacial score (nSPS) is 11.9. The van der Waals surface area contributed by atoms with Crippen LogP contribution in [-0.4, -0.2) is 5.91 Å². The van der Waals surface area contributed by atoms with Crippen LogP contribution >= 0.6 is 0 Å². The molecule has 2 nitrogen and oxygen atoms in total. The average molecular weight is 253 g/mol. The molecule has 1 amide bonds. The number of amides is 1. The number of carbonyl (C=O) groups excluding carboxylic acids is 1. The van der Waals surface area contributed by atoms with Crippen molar-refractivity contribution < 1.29 is 4.79 Å². The van der Waals surface area contributed by atoms with E-state index in [9.17, 15) is 4.79 Å². The van der Waals surface area contributed by atoms with E-state index in [4.69, 9.17) is 0 Å². The highest BCUT2D eigenvalue weighted by atomic mass is 16.1. The zero-order chi connectivity index (χ0) is 13.7. The van der Waals surface area contributed by atoms with Gasteiger partial charge in [0, 0.05) is 6.42 Å². The van der Waals surface area contributed by atoms with Crippen LogP contribution in [0.2, 0.25) is 0 Å². The van der Waals surface area contributed by atoms with Gasteiger partial charge < -0.3 is 5.32 Å². The SMILES string of the molecule is CCC(=O)N[C@@H](c1ccccc1)c1ccc(C)cc1. The Morgan fingerprint density at radius 1 is 1.00 bits per heavy atom. The van der Waals surface area contributed by atoms with Gasteiger partial charge in [0.1, 0.15) is 0 Å². The van der Waals surface area contributed by atoms with Crippen molar-refractivity contribution in [3.05, 3.63) is 71.3 Å². The van der Waals surface area contributed by atoms with Crippen molar-refractivity contribution in [3.63, 3.8) is 0 Å². The van der Waals surface area contributed by atoms with Crippen LogP contribution in [0, 0.1) is 6.92 Å². The zero-order valence-electron chi connectivity index (χ0n) is 11.4. The van der Waals surface area contributed by atoms with Crippen molar-refractivity contribution in [2.75, 3.05) is 0 Å². The molecule has 0 saturated heterocycles. The summed E-state index contributed by atoms with van der Waals surface area (Å²) in [7, 11) is 0. The predicted octanol–water partition coefficient (Wildman–Crippen LogP) is 3.61. The van der Waals surface area contributed by atoms with Crippen molar-refractivity contribution in [2.45, 2.75) is 26.3 Å². The number of benzene rings is 2. The number of aryl methyl sites for hydroxylation is 1. The van der Waals surface area contributed by atoms with Gasteiger partial charge >= 0.3 is 0 Å². The van der Waals surface area contributed by atoms with Gasteiger partial charge in [0.05, 0.1) is 6.04 Å². The fourth-order valence-electron chi connectivity index (χ4n) is 2.03. The van der Waals surface area contributed by atoms with Crippen LogP contribution in [-0.2, 0) is 4.79 Å². The summed E-state index contributed by atoms with van der Waals surface area (Å²) < 4.78 is 0. The molecule has 2 aromatic carbocycles. The Morgan fingerprint density at radius 2 is 1.58 bits per heavy atom. The molecule has 2 heteroatoms. The Bertz CT molecular complexity index is 531. The Hall–Kier alpha value is -2.09. The second-order valence-corrected chi connectivity index (χ2v) is 4.68. The first-order chi connectivity index (χ1) is 9.20. The van der Waals surface area contributed by atoms with E-state index < -0.39 is 0 Å². The molecule has 0 radical (unpaired) electrons.